The first kappa shape index (κ1) is 14.8. The van der Waals surface area contributed by atoms with Gasteiger partial charge in [-0.3, -0.25) is 0 Å². The molecule has 110 valence electrons. The van der Waals surface area contributed by atoms with E-state index < -0.39 is 0 Å². The normalized spacial score (nSPS) is 15.3. The summed E-state index contributed by atoms with van der Waals surface area (Å²) in [4.78, 5) is 23.3. The van der Waals surface area contributed by atoms with Gasteiger partial charge in [0, 0.05) is 26.2 Å². The van der Waals surface area contributed by atoms with E-state index in [1.807, 2.05) is 4.90 Å². The maximum atomic E-state index is 11.6. The molecule has 0 saturated carbocycles. The number of nitrogens with zero attached hydrogens (tertiary/aromatic N) is 4. The molecule has 1 amide bonds. The van der Waals surface area contributed by atoms with Crippen molar-refractivity contribution in [2.75, 3.05) is 37.7 Å². The van der Waals surface area contributed by atoms with Gasteiger partial charge in [0.15, 0.2) is 0 Å². The van der Waals surface area contributed by atoms with Crippen LogP contribution in [0.4, 0.5) is 10.6 Å². The minimum atomic E-state index is -0.296. The maximum absolute atomic E-state index is 11.6. The van der Waals surface area contributed by atoms with Gasteiger partial charge in [0.25, 0.3) is 0 Å². The number of rotatable bonds is 3. The molecule has 1 N–H and O–H groups in total. The second-order valence-electron chi connectivity index (χ2n) is 4.30. The van der Waals surface area contributed by atoms with Crippen LogP contribution < -0.4 is 4.90 Å². The van der Waals surface area contributed by atoms with Crippen molar-refractivity contribution in [3.05, 3.63) is 17.0 Å². The molecule has 20 heavy (non-hydrogen) atoms. The highest BCUT2D eigenvalue weighted by Crippen LogP contribution is 2.24. The van der Waals surface area contributed by atoms with Crippen molar-refractivity contribution in [3.63, 3.8) is 0 Å². The molecule has 8 heteroatoms. The van der Waals surface area contributed by atoms with Gasteiger partial charge in [-0.05, 0) is 6.92 Å². The SMILES string of the molecule is CCOC(=O)N1CCN(c2ncnc(Cl)c2CO)CC1. The highest BCUT2D eigenvalue weighted by Gasteiger charge is 2.24. The van der Waals surface area contributed by atoms with Crippen LogP contribution in [0.1, 0.15) is 12.5 Å². The van der Waals surface area contributed by atoms with Crippen molar-refractivity contribution in [1.29, 1.82) is 0 Å². The van der Waals surface area contributed by atoms with Crippen molar-refractivity contribution in [3.8, 4) is 0 Å². The topological polar surface area (TPSA) is 78.8 Å². The third-order valence-corrected chi connectivity index (χ3v) is 3.46. The number of aliphatic hydroxyl groups is 1. The van der Waals surface area contributed by atoms with Gasteiger partial charge in [-0.25, -0.2) is 14.8 Å². The summed E-state index contributed by atoms with van der Waals surface area (Å²) < 4.78 is 4.97. The highest BCUT2D eigenvalue weighted by molar-refractivity contribution is 6.30. The van der Waals surface area contributed by atoms with E-state index in [4.69, 9.17) is 16.3 Å². The highest BCUT2D eigenvalue weighted by atomic mass is 35.5. The molecule has 1 aliphatic rings. The molecule has 0 atom stereocenters. The summed E-state index contributed by atoms with van der Waals surface area (Å²) in [5.41, 5.74) is 0.513. The second kappa shape index (κ2) is 6.71. The van der Waals surface area contributed by atoms with Crippen molar-refractivity contribution >= 4 is 23.5 Å². The van der Waals surface area contributed by atoms with Crippen molar-refractivity contribution < 1.29 is 14.6 Å². The molecular weight excluding hydrogens is 284 g/mol. The lowest BCUT2D eigenvalue weighted by atomic mass is 10.2. The predicted molar refractivity (Wildman–Crippen MR) is 73.8 cm³/mol. The molecule has 0 bridgehead atoms. The number of anilines is 1. The van der Waals surface area contributed by atoms with Crippen LogP contribution in [-0.2, 0) is 11.3 Å². The number of amides is 1. The summed E-state index contributed by atoms with van der Waals surface area (Å²) in [6.45, 7) is 4.25. The fraction of sp³-hybridized carbons (Fsp3) is 0.583. The Labute approximate surface area is 122 Å². The number of piperazine rings is 1. The Bertz CT molecular complexity index is 478. The predicted octanol–water partition coefficient (Wildman–Crippen LogP) is 0.901. The Balaban J connectivity index is 2.04. The number of ether oxygens (including phenoxy) is 1. The molecule has 0 radical (unpaired) electrons. The summed E-state index contributed by atoms with van der Waals surface area (Å²) in [7, 11) is 0. The van der Waals surface area contributed by atoms with Gasteiger partial charge in [-0.2, -0.15) is 0 Å². The third kappa shape index (κ3) is 3.10. The monoisotopic (exact) mass is 300 g/mol. The summed E-state index contributed by atoms with van der Waals surface area (Å²) in [5, 5.41) is 9.62. The van der Waals surface area contributed by atoms with Gasteiger partial charge in [0.2, 0.25) is 0 Å². The Morgan fingerprint density at radius 3 is 2.70 bits per heavy atom. The molecule has 2 rings (SSSR count). The first-order valence-corrected chi connectivity index (χ1v) is 6.82. The third-order valence-electron chi connectivity index (χ3n) is 3.13. The van der Waals surface area contributed by atoms with E-state index in [1.54, 1.807) is 11.8 Å². The van der Waals surface area contributed by atoms with Crippen LogP contribution in [0.15, 0.2) is 6.33 Å². The molecule has 1 fully saturated rings. The van der Waals surface area contributed by atoms with Gasteiger partial charge in [-0.15, -0.1) is 0 Å². The van der Waals surface area contributed by atoms with E-state index in [1.165, 1.54) is 6.33 Å². The molecular formula is C12H17ClN4O3. The van der Waals surface area contributed by atoms with Gasteiger partial charge in [0.05, 0.1) is 18.8 Å². The van der Waals surface area contributed by atoms with Crippen molar-refractivity contribution in [2.45, 2.75) is 13.5 Å². The van der Waals surface area contributed by atoms with Crippen LogP contribution in [-0.4, -0.2) is 58.9 Å². The molecule has 2 heterocycles. The molecule has 7 nitrogen and oxygen atoms in total. The molecule has 1 aromatic heterocycles. The number of halogens is 1. The molecule has 0 aliphatic carbocycles. The zero-order valence-corrected chi connectivity index (χ0v) is 12.0. The Morgan fingerprint density at radius 1 is 1.40 bits per heavy atom. The number of carbonyl (C=O) groups excluding carboxylic acids is 1. The Hall–Kier alpha value is -1.60. The molecule has 0 spiro atoms. The number of hydrogen-bond donors (Lipinski definition) is 1. The van der Waals surface area contributed by atoms with Crippen LogP contribution in [0.3, 0.4) is 0 Å². The summed E-state index contributed by atoms with van der Waals surface area (Å²) in [5.74, 6) is 0.621. The van der Waals surface area contributed by atoms with Gasteiger partial charge < -0.3 is 19.6 Å². The smallest absolute Gasteiger partial charge is 0.409 e. The zero-order chi connectivity index (χ0) is 14.5. The van der Waals surface area contributed by atoms with Crippen LogP contribution in [0.5, 0.6) is 0 Å². The average molecular weight is 301 g/mol. The summed E-state index contributed by atoms with van der Waals surface area (Å²) in [6, 6.07) is 0. The fourth-order valence-electron chi connectivity index (χ4n) is 2.11. The van der Waals surface area contributed by atoms with E-state index in [0.717, 1.165) is 0 Å². The van der Waals surface area contributed by atoms with Crippen LogP contribution in [0, 0.1) is 0 Å². The quantitative estimate of drug-likeness (QED) is 0.836. The lowest BCUT2D eigenvalue weighted by molar-refractivity contribution is 0.105. The standard InChI is InChI=1S/C12H17ClN4O3/c1-2-20-12(19)17-5-3-16(4-6-17)11-9(7-18)10(13)14-8-15-11/h8,18H,2-7H2,1H3. The first-order valence-electron chi connectivity index (χ1n) is 6.44. The van der Waals surface area contributed by atoms with Gasteiger partial charge >= 0.3 is 6.09 Å². The Kier molecular flexibility index (Phi) is 4.97. The largest absolute Gasteiger partial charge is 0.450 e. The summed E-state index contributed by atoms with van der Waals surface area (Å²) >= 11 is 5.95. The van der Waals surface area contributed by atoms with Crippen LogP contribution in [0.25, 0.3) is 0 Å². The number of carbonyl (C=O) groups is 1. The van der Waals surface area contributed by atoms with E-state index in [2.05, 4.69) is 9.97 Å². The lowest BCUT2D eigenvalue weighted by Crippen LogP contribution is -2.49. The van der Waals surface area contributed by atoms with Crippen LogP contribution >= 0.6 is 11.6 Å². The molecule has 1 aromatic rings. The molecule has 0 aromatic carbocycles. The average Bonchev–Trinajstić information content (AvgIpc) is 2.47. The zero-order valence-electron chi connectivity index (χ0n) is 11.3. The van der Waals surface area contributed by atoms with E-state index >= 15 is 0 Å². The number of aromatic nitrogens is 2. The molecule has 1 saturated heterocycles. The maximum Gasteiger partial charge on any atom is 0.409 e. The van der Waals surface area contributed by atoms with E-state index in [0.29, 0.717) is 44.2 Å². The van der Waals surface area contributed by atoms with E-state index in [9.17, 15) is 9.90 Å². The van der Waals surface area contributed by atoms with Gasteiger partial charge in [-0.1, -0.05) is 11.6 Å². The van der Waals surface area contributed by atoms with Gasteiger partial charge in [0.1, 0.15) is 17.3 Å². The lowest BCUT2D eigenvalue weighted by Gasteiger charge is -2.35. The fourth-order valence-corrected chi connectivity index (χ4v) is 2.29. The Morgan fingerprint density at radius 2 is 2.10 bits per heavy atom. The molecule has 0 unspecified atom stereocenters. The van der Waals surface area contributed by atoms with Crippen molar-refractivity contribution in [2.24, 2.45) is 0 Å². The minimum Gasteiger partial charge on any atom is -0.450 e. The number of hydrogen-bond acceptors (Lipinski definition) is 6. The van der Waals surface area contributed by atoms with E-state index in [-0.39, 0.29) is 17.9 Å². The second-order valence-corrected chi connectivity index (χ2v) is 4.66. The van der Waals surface area contributed by atoms with Crippen molar-refractivity contribution in [1.82, 2.24) is 14.9 Å². The molecule has 1 aliphatic heterocycles. The summed E-state index contributed by atoms with van der Waals surface area (Å²) in [6.07, 6.45) is 1.07. The minimum absolute atomic E-state index is 0.215. The van der Waals surface area contributed by atoms with Crippen LogP contribution in [0.2, 0.25) is 5.15 Å². The number of aliphatic hydroxyl groups excluding tert-OH is 1. The first-order chi connectivity index (χ1) is 9.67.